The van der Waals surface area contributed by atoms with Crippen LogP contribution in [-0.4, -0.2) is 110 Å². The van der Waals surface area contributed by atoms with Gasteiger partial charge in [0.05, 0.1) is 19.8 Å². The number of aliphatic hydroxyl groups is 8. The van der Waals surface area contributed by atoms with Crippen LogP contribution in [0.15, 0.2) is 0 Å². The van der Waals surface area contributed by atoms with Crippen LogP contribution in [0.4, 0.5) is 0 Å². The minimum atomic E-state index is -1.70. The molecule has 10 nitrogen and oxygen atoms in total. The lowest BCUT2D eigenvalue weighted by molar-refractivity contribution is -0.321. The first kappa shape index (κ1) is 18.6. The highest BCUT2D eigenvalue weighted by molar-refractivity contribution is 4.90. The summed E-state index contributed by atoms with van der Waals surface area (Å²) in [6, 6.07) is 0. The molecule has 0 aromatic rings. The van der Waals surface area contributed by atoms with Crippen molar-refractivity contribution in [3.8, 4) is 0 Å². The zero-order valence-electron chi connectivity index (χ0n) is 11.1. The predicted octanol–water partition coefficient (Wildman–Crippen LogP) is -5.12. The van der Waals surface area contributed by atoms with Crippen LogP contribution in [0, 0.1) is 0 Å². The van der Waals surface area contributed by atoms with E-state index in [4.69, 9.17) is 24.8 Å². The summed E-state index contributed by atoms with van der Waals surface area (Å²) >= 11 is 0. The van der Waals surface area contributed by atoms with E-state index < -0.39 is 68.8 Å². The highest BCUT2D eigenvalue weighted by Crippen LogP contribution is 2.23. The number of ether oxygens (including phenoxy) is 2. The Hall–Kier alpha value is -0.400. The van der Waals surface area contributed by atoms with Crippen molar-refractivity contribution >= 4 is 0 Å². The average molecular weight is 314 g/mol. The Balaban J connectivity index is 2.74. The molecule has 1 aliphatic heterocycles. The van der Waals surface area contributed by atoms with E-state index in [1.807, 2.05) is 0 Å². The SMILES string of the molecule is OC[C@H](O)[C@@H](O)[C@@H](CO)O[C@H]1O[C@H](CO)[C@@H](O)[C@H](O)[C@H]1O. The fraction of sp³-hybridized carbons (Fsp3) is 1.00. The first-order chi connectivity index (χ1) is 9.87. The van der Waals surface area contributed by atoms with Gasteiger partial charge in [0, 0.05) is 0 Å². The molecule has 21 heavy (non-hydrogen) atoms. The van der Waals surface area contributed by atoms with E-state index in [-0.39, 0.29) is 0 Å². The van der Waals surface area contributed by atoms with Crippen molar-refractivity contribution in [2.45, 2.75) is 49.0 Å². The maximum Gasteiger partial charge on any atom is 0.187 e. The maximum absolute atomic E-state index is 9.73. The van der Waals surface area contributed by atoms with Gasteiger partial charge in [-0.05, 0) is 0 Å². The van der Waals surface area contributed by atoms with E-state index in [0.29, 0.717) is 0 Å². The molecule has 0 aliphatic carbocycles. The van der Waals surface area contributed by atoms with Gasteiger partial charge in [-0.2, -0.15) is 0 Å². The third kappa shape index (κ3) is 4.29. The second kappa shape index (κ2) is 8.29. The summed E-state index contributed by atoms with van der Waals surface area (Å²) < 4.78 is 10.1. The molecule has 1 aliphatic rings. The van der Waals surface area contributed by atoms with Gasteiger partial charge in [0.2, 0.25) is 0 Å². The fourth-order valence-corrected chi connectivity index (χ4v) is 1.94. The van der Waals surface area contributed by atoms with Crippen LogP contribution in [-0.2, 0) is 9.47 Å². The van der Waals surface area contributed by atoms with Crippen molar-refractivity contribution in [2.24, 2.45) is 0 Å². The van der Waals surface area contributed by atoms with Crippen LogP contribution in [0.3, 0.4) is 0 Å². The standard InChI is InChI=1S/C11H22O10/c12-1-4(15)7(16)5(2-13)20-11-10(19)9(18)8(17)6(3-14)21-11/h4-19H,1-3H2/t4-,5+,6+,7+,8+,9-,10+,11-/m0/s1. The molecule has 10 heteroatoms. The second-order valence-corrected chi connectivity index (χ2v) is 4.79. The molecule has 0 bridgehead atoms. The van der Waals surface area contributed by atoms with Crippen molar-refractivity contribution in [3.05, 3.63) is 0 Å². The Bertz CT molecular complexity index is 301. The minimum absolute atomic E-state index is 0.656. The summed E-state index contributed by atoms with van der Waals surface area (Å²) in [5, 5.41) is 74.7. The van der Waals surface area contributed by atoms with Crippen LogP contribution >= 0.6 is 0 Å². The summed E-state index contributed by atoms with van der Waals surface area (Å²) in [4.78, 5) is 0. The molecule has 126 valence electrons. The summed E-state index contributed by atoms with van der Waals surface area (Å²) in [5.41, 5.74) is 0. The Morgan fingerprint density at radius 2 is 1.52 bits per heavy atom. The van der Waals surface area contributed by atoms with Gasteiger partial charge in [0.1, 0.15) is 42.7 Å². The van der Waals surface area contributed by atoms with E-state index in [1.165, 1.54) is 0 Å². The van der Waals surface area contributed by atoms with Gasteiger partial charge < -0.3 is 50.3 Å². The monoisotopic (exact) mass is 314 g/mol. The van der Waals surface area contributed by atoms with E-state index >= 15 is 0 Å². The molecule has 0 saturated carbocycles. The topological polar surface area (TPSA) is 180 Å². The summed E-state index contributed by atoms with van der Waals surface area (Å²) in [7, 11) is 0. The third-order valence-corrected chi connectivity index (χ3v) is 3.30. The first-order valence-corrected chi connectivity index (χ1v) is 6.41. The molecule has 0 radical (unpaired) electrons. The zero-order chi connectivity index (χ0) is 16.2. The molecular weight excluding hydrogens is 292 g/mol. The average Bonchev–Trinajstić information content (AvgIpc) is 2.50. The molecule has 8 atom stereocenters. The quantitative estimate of drug-likeness (QED) is 0.226. The molecule has 0 spiro atoms. The van der Waals surface area contributed by atoms with Crippen molar-refractivity contribution in [1.29, 1.82) is 0 Å². The Labute approximate surface area is 120 Å². The maximum atomic E-state index is 9.73. The summed E-state index contributed by atoms with van der Waals surface area (Å²) in [5.74, 6) is 0. The molecular formula is C11H22O10. The Morgan fingerprint density at radius 1 is 0.905 bits per heavy atom. The predicted molar refractivity (Wildman–Crippen MR) is 64.8 cm³/mol. The van der Waals surface area contributed by atoms with Gasteiger partial charge in [-0.25, -0.2) is 0 Å². The fourth-order valence-electron chi connectivity index (χ4n) is 1.94. The lowest BCUT2D eigenvalue weighted by Crippen LogP contribution is -2.60. The van der Waals surface area contributed by atoms with Gasteiger partial charge in [-0.3, -0.25) is 0 Å². The smallest absolute Gasteiger partial charge is 0.187 e. The van der Waals surface area contributed by atoms with Gasteiger partial charge in [-0.1, -0.05) is 0 Å². The zero-order valence-corrected chi connectivity index (χ0v) is 11.1. The normalized spacial score (nSPS) is 38.0. The van der Waals surface area contributed by atoms with Gasteiger partial charge in [0.15, 0.2) is 6.29 Å². The van der Waals surface area contributed by atoms with Crippen molar-refractivity contribution in [3.63, 3.8) is 0 Å². The Morgan fingerprint density at radius 3 is 2.00 bits per heavy atom. The number of rotatable bonds is 7. The minimum Gasteiger partial charge on any atom is -0.394 e. The van der Waals surface area contributed by atoms with Gasteiger partial charge in [-0.15, -0.1) is 0 Å². The lowest BCUT2D eigenvalue weighted by Gasteiger charge is -2.41. The largest absolute Gasteiger partial charge is 0.394 e. The number of aliphatic hydroxyl groups excluding tert-OH is 8. The van der Waals surface area contributed by atoms with E-state index in [1.54, 1.807) is 0 Å². The molecule has 1 heterocycles. The van der Waals surface area contributed by atoms with Crippen LogP contribution in [0.1, 0.15) is 0 Å². The molecule has 0 aromatic heterocycles. The Kier molecular flexibility index (Phi) is 7.36. The molecule has 0 amide bonds. The number of hydrogen-bond donors (Lipinski definition) is 8. The van der Waals surface area contributed by atoms with Crippen LogP contribution in [0.25, 0.3) is 0 Å². The van der Waals surface area contributed by atoms with Gasteiger partial charge in [0.25, 0.3) is 0 Å². The van der Waals surface area contributed by atoms with Crippen molar-refractivity contribution in [1.82, 2.24) is 0 Å². The second-order valence-electron chi connectivity index (χ2n) is 4.79. The van der Waals surface area contributed by atoms with Crippen LogP contribution in [0.5, 0.6) is 0 Å². The van der Waals surface area contributed by atoms with Crippen molar-refractivity contribution < 1.29 is 50.3 Å². The molecule has 0 aromatic carbocycles. The van der Waals surface area contributed by atoms with Crippen LogP contribution in [0.2, 0.25) is 0 Å². The highest BCUT2D eigenvalue weighted by Gasteiger charge is 2.45. The molecule has 1 rings (SSSR count). The molecule has 8 N–H and O–H groups in total. The van der Waals surface area contributed by atoms with E-state index in [9.17, 15) is 25.5 Å². The molecule has 1 saturated heterocycles. The van der Waals surface area contributed by atoms with Gasteiger partial charge >= 0.3 is 0 Å². The third-order valence-electron chi connectivity index (χ3n) is 3.30. The van der Waals surface area contributed by atoms with Crippen LogP contribution < -0.4 is 0 Å². The molecule has 1 fully saturated rings. The van der Waals surface area contributed by atoms with Crippen molar-refractivity contribution in [2.75, 3.05) is 19.8 Å². The van der Waals surface area contributed by atoms with E-state index in [2.05, 4.69) is 0 Å². The van der Waals surface area contributed by atoms with E-state index in [0.717, 1.165) is 0 Å². The first-order valence-electron chi connectivity index (χ1n) is 6.41. The summed E-state index contributed by atoms with van der Waals surface area (Å²) in [6.45, 7) is -2.21. The number of hydrogen-bond acceptors (Lipinski definition) is 10. The summed E-state index contributed by atoms with van der Waals surface area (Å²) in [6.07, 6.45) is -12.4. The highest BCUT2D eigenvalue weighted by atomic mass is 16.7. The lowest BCUT2D eigenvalue weighted by atomic mass is 9.99. The molecule has 0 unspecified atom stereocenters.